The van der Waals surface area contributed by atoms with Crippen LogP contribution in [0.1, 0.15) is 23.3 Å². The summed E-state index contributed by atoms with van der Waals surface area (Å²) >= 11 is 0. The van der Waals surface area contributed by atoms with Crippen LogP contribution >= 0.6 is 0 Å². The fourth-order valence-electron chi connectivity index (χ4n) is 2.22. The summed E-state index contributed by atoms with van der Waals surface area (Å²) in [6, 6.07) is 3.15. The van der Waals surface area contributed by atoms with Crippen LogP contribution in [0.15, 0.2) is 18.3 Å². The van der Waals surface area contributed by atoms with Gasteiger partial charge in [-0.25, -0.2) is 4.79 Å². The third-order valence-corrected chi connectivity index (χ3v) is 3.15. The molecule has 2 heterocycles. The van der Waals surface area contributed by atoms with Gasteiger partial charge in [0.1, 0.15) is 11.7 Å². The summed E-state index contributed by atoms with van der Waals surface area (Å²) < 4.78 is 6.48. The molecule has 0 spiro atoms. The molecule has 5 heteroatoms. The maximum Gasteiger partial charge on any atom is 0.328 e. The van der Waals surface area contributed by atoms with Crippen LogP contribution in [0.2, 0.25) is 0 Å². The van der Waals surface area contributed by atoms with Crippen molar-refractivity contribution in [2.75, 3.05) is 13.7 Å². The Balaban J connectivity index is 2.19. The molecular formula is C12H16N2O3. The summed E-state index contributed by atoms with van der Waals surface area (Å²) in [6.45, 7) is 0.615. The van der Waals surface area contributed by atoms with Gasteiger partial charge in [-0.2, -0.15) is 0 Å². The molecule has 17 heavy (non-hydrogen) atoms. The van der Waals surface area contributed by atoms with Crippen molar-refractivity contribution in [3.63, 3.8) is 0 Å². The standard InChI is InChI=1S/C12H16N2O3/c1-13-7-3-5-9(13)11(15)14-8-4-6-10(14)12(16)17-2/h3,5,7,10H,4,6,8H2,1-2H3. The van der Waals surface area contributed by atoms with Crippen molar-refractivity contribution in [1.82, 2.24) is 9.47 Å². The zero-order valence-electron chi connectivity index (χ0n) is 10.0. The molecule has 0 bridgehead atoms. The normalized spacial score (nSPS) is 19.4. The summed E-state index contributed by atoms with van der Waals surface area (Å²) in [7, 11) is 3.17. The molecule has 1 aliphatic rings. The van der Waals surface area contributed by atoms with Crippen molar-refractivity contribution in [3.05, 3.63) is 24.0 Å². The molecule has 0 N–H and O–H groups in total. The van der Waals surface area contributed by atoms with Gasteiger partial charge in [0.2, 0.25) is 0 Å². The van der Waals surface area contributed by atoms with Crippen LogP contribution in [0.3, 0.4) is 0 Å². The molecule has 0 aliphatic carbocycles. The second-order valence-electron chi connectivity index (χ2n) is 4.18. The third kappa shape index (κ3) is 2.05. The fraction of sp³-hybridized carbons (Fsp3) is 0.500. The first-order valence-electron chi connectivity index (χ1n) is 5.65. The van der Waals surface area contributed by atoms with Crippen molar-refractivity contribution >= 4 is 11.9 Å². The fourth-order valence-corrected chi connectivity index (χ4v) is 2.22. The molecule has 0 aromatic carbocycles. The van der Waals surface area contributed by atoms with E-state index in [0.717, 1.165) is 6.42 Å². The Morgan fingerprint density at radius 3 is 2.82 bits per heavy atom. The molecule has 0 radical (unpaired) electrons. The Morgan fingerprint density at radius 2 is 2.24 bits per heavy atom. The number of rotatable bonds is 2. The molecule has 1 atom stereocenters. The SMILES string of the molecule is COC(=O)C1CCCN1C(=O)c1cccn1C. The van der Waals surface area contributed by atoms with Crippen LogP contribution in [0, 0.1) is 0 Å². The summed E-state index contributed by atoms with van der Waals surface area (Å²) in [6.07, 6.45) is 3.34. The highest BCUT2D eigenvalue weighted by Gasteiger charge is 2.35. The smallest absolute Gasteiger partial charge is 0.328 e. The molecule has 1 aliphatic heterocycles. The number of amides is 1. The maximum atomic E-state index is 12.3. The summed E-state index contributed by atoms with van der Waals surface area (Å²) in [5, 5.41) is 0. The highest BCUT2D eigenvalue weighted by Crippen LogP contribution is 2.21. The predicted molar refractivity (Wildman–Crippen MR) is 61.5 cm³/mol. The van der Waals surface area contributed by atoms with Gasteiger partial charge in [-0.3, -0.25) is 4.79 Å². The molecule has 1 unspecified atom stereocenters. The lowest BCUT2D eigenvalue weighted by molar-refractivity contribution is -0.145. The van der Waals surface area contributed by atoms with E-state index in [1.807, 2.05) is 19.3 Å². The Morgan fingerprint density at radius 1 is 1.47 bits per heavy atom. The lowest BCUT2D eigenvalue weighted by Crippen LogP contribution is -2.41. The molecule has 5 nitrogen and oxygen atoms in total. The third-order valence-electron chi connectivity index (χ3n) is 3.15. The van der Waals surface area contributed by atoms with Crippen LogP contribution in [0.5, 0.6) is 0 Å². The molecule has 1 fully saturated rings. The second kappa shape index (κ2) is 4.61. The maximum absolute atomic E-state index is 12.3. The highest BCUT2D eigenvalue weighted by molar-refractivity contribution is 5.96. The van der Waals surface area contributed by atoms with Gasteiger partial charge in [0.25, 0.3) is 5.91 Å². The monoisotopic (exact) mass is 236 g/mol. The zero-order chi connectivity index (χ0) is 12.4. The molecule has 1 amide bonds. The van der Waals surface area contributed by atoms with E-state index in [1.165, 1.54) is 7.11 Å². The molecule has 0 saturated carbocycles. The Bertz CT molecular complexity index is 439. The Labute approximate surface area is 100.0 Å². The zero-order valence-corrected chi connectivity index (χ0v) is 10.0. The minimum atomic E-state index is -0.428. The molecule has 2 rings (SSSR count). The van der Waals surface area contributed by atoms with Crippen LogP contribution in [-0.4, -0.2) is 41.0 Å². The van der Waals surface area contributed by atoms with E-state index in [1.54, 1.807) is 15.5 Å². The van der Waals surface area contributed by atoms with Crippen LogP contribution < -0.4 is 0 Å². The van der Waals surface area contributed by atoms with E-state index in [2.05, 4.69) is 0 Å². The number of hydrogen-bond acceptors (Lipinski definition) is 3. The van der Waals surface area contributed by atoms with Crippen molar-refractivity contribution in [3.8, 4) is 0 Å². The van der Waals surface area contributed by atoms with Crippen LogP contribution in [-0.2, 0) is 16.6 Å². The number of carbonyl (C=O) groups excluding carboxylic acids is 2. The summed E-state index contributed by atoms with van der Waals surface area (Å²) in [5.74, 6) is -0.435. The number of likely N-dealkylation sites (tertiary alicyclic amines) is 1. The van der Waals surface area contributed by atoms with Crippen molar-refractivity contribution in [1.29, 1.82) is 0 Å². The average Bonchev–Trinajstić information content (AvgIpc) is 2.95. The van der Waals surface area contributed by atoms with Crippen molar-refractivity contribution < 1.29 is 14.3 Å². The van der Waals surface area contributed by atoms with E-state index >= 15 is 0 Å². The van der Waals surface area contributed by atoms with Gasteiger partial charge in [0.05, 0.1) is 7.11 Å². The van der Waals surface area contributed by atoms with E-state index in [-0.39, 0.29) is 11.9 Å². The number of aryl methyl sites for hydroxylation is 1. The first-order chi connectivity index (χ1) is 8.15. The number of carbonyl (C=O) groups is 2. The molecule has 92 valence electrons. The number of methoxy groups -OCH3 is 1. The van der Waals surface area contributed by atoms with Gasteiger partial charge < -0.3 is 14.2 Å². The first kappa shape index (κ1) is 11.7. The predicted octanol–water partition coefficient (Wildman–Crippen LogP) is 0.803. The van der Waals surface area contributed by atoms with Gasteiger partial charge in [-0.05, 0) is 25.0 Å². The van der Waals surface area contributed by atoms with E-state index in [0.29, 0.717) is 18.7 Å². The first-order valence-corrected chi connectivity index (χ1v) is 5.65. The van der Waals surface area contributed by atoms with Gasteiger partial charge in [0, 0.05) is 19.8 Å². The van der Waals surface area contributed by atoms with Crippen molar-refractivity contribution in [2.45, 2.75) is 18.9 Å². The number of nitrogens with zero attached hydrogens (tertiary/aromatic N) is 2. The lowest BCUT2D eigenvalue weighted by Gasteiger charge is -2.22. The minimum absolute atomic E-state index is 0.106. The van der Waals surface area contributed by atoms with Crippen LogP contribution in [0.25, 0.3) is 0 Å². The van der Waals surface area contributed by atoms with Crippen molar-refractivity contribution in [2.24, 2.45) is 7.05 Å². The van der Waals surface area contributed by atoms with Gasteiger partial charge in [0.15, 0.2) is 0 Å². The quantitative estimate of drug-likeness (QED) is 0.714. The van der Waals surface area contributed by atoms with Gasteiger partial charge in [-0.15, -0.1) is 0 Å². The van der Waals surface area contributed by atoms with E-state index < -0.39 is 6.04 Å². The van der Waals surface area contributed by atoms with Gasteiger partial charge in [-0.1, -0.05) is 0 Å². The number of aromatic nitrogens is 1. The van der Waals surface area contributed by atoms with Crippen LogP contribution in [0.4, 0.5) is 0 Å². The molecule has 1 aromatic rings. The largest absolute Gasteiger partial charge is 0.467 e. The van der Waals surface area contributed by atoms with Gasteiger partial charge >= 0.3 is 5.97 Å². The molecular weight excluding hydrogens is 220 g/mol. The summed E-state index contributed by atoms with van der Waals surface area (Å²) in [5.41, 5.74) is 0.598. The topological polar surface area (TPSA) is 51.5 Å². The number of ether oxygens (including phenoxy) is 1. The Kier molecular flexibility index (Phi) is 3.17. The average molecular weight is 236 g/mol. The minimum Gasteiger partial charge on any atom is -0.467 e. The number of hydrogen-bond donors (Lipinski definition) is 0. The highest BCUT2D eigenvalue weighted by atomic mass is 16.5. The molecule has 1 aromatic heterocycles. The number of esters is 1. The Hall–Kier alpha value is -1.78. The van der Waals surface area contributed by atoms with E-state index in [4.69, 9.17) is 4.74 Å². The molecule has 1 saturated heterocycles. The second-order valence-corrected chi connectivity index (χ2v) is 4.18. The lowest BCUT2D eigenvalue weighted by atomic mass is 10.2. The summed E-state index contributed by atoms with van der Waals surface area (Å²) in [4.78, 5) is 25.4. The van der Waals surface area contributed by atoms with E-state index in [9.17, 15) is 9.59 Å².